The number of ether oxygens (including phenoxy) is 1. The number of benzene rings is 2. The highest BCUT2D eigenvalue weighted by atomic mass is 16.5. The van der Waals surface area contributed by atoms with E-state index in [1.54, 1.807) is 13.0 Å². The van der Waals surface area contributed by atoms with E-state index in [0.717, 1.165) is 0 Å². The summed E-state index contributed by atoms with van der Waals surface area (Å²) in [7, 11) is 2.72. The van der Waals surface area contributed by atoms with E-state index in [1.807, 2.05) is 0 Å². The van der Waals surface area contributed by atoms with Crippen LogP contribution in [0.15, 0.2) is 30.3 Å². The fourth-order valence-corrected chi connectivity index (χ4v) is 3.28. The predicted molar refractivity (Wildman–Crippen MR) is 116 cm³/mol. The highest BCUT2D eigenvalue weighted by Gasteiger charge is 2.24. The van der Waals surface area contributed by atoms with E-state index in [1.165, 1.54) is 38.4 Å². The summed E-state index contributed by atoms with van der Waals surface area (Å²) in [6.07, 6.45) is 0.235. The maximum Gasteiger partial charge on any atom is 0.328 e. The highest BCUT2D eigenvalue weighted by molar-refractivity contribution is 5.86. The van der Waals surface area contributed by atoms with Gasteiger partial charge in [-0.25, -0.2) is 4.79 Å². The van der Waals surface area contributed by atoms with Gasteiger partial charge in [0.1, 0.15) is 17.8 Å². The van der Waals surface area contributed by atoms with Gasteiger partial charge in [-0.2, -0.15) is 0 Å². The van der Waals surface area contributed by atoms with Crippen LogP contribution in [0.1, 0.15) is 30.5 Å². The molecule has 172 valence electrons. The highest BCUT2D eigenvalue weighted by Crippen LogP contribution is 2.42. The monoisotopic (exact) mass is 445 g/mol. The van der Waals surface area contributed by atoms with Crippen LogP contribution < -0.4 is 16.4 Å². The maximum absolute atomic E-state index is 12.1. The Morgan fingerprint density at radius 2 is 1.75 bits per heavy atom. The third-order valence-electron chi connectivity index (χ3n) is 4.95. The van der Waals surface area contributed by atoms with Crippen molar-refractivity contribution in [2.75, 3.05) is 14.2 Å². The van der Waals surface area contributed by atoms with Crippen LogP contribution >= 0.6 is 0 Å². The molecule has 0 radical (unpaired) electrons. The Labute approximate surface area is 185 Å². The van der Waals surface area contributed by atoms with Gasteiger partial charge in [0.25, 0.3) is 0 Å². The topological polar surface area (TPSA) is 171 Å². The molecule has 0 aliphatic carbocycles. The summed E-state index contributed by atoms with van der Waals surface area (Å²) < 4.78 is 4.75. The standard InChI is InChI=1S/C22H27N3O7/c1-4-18(28)25-15(22(31)32-3)8-11-5-6-16(26)13(7-11)14-9-12(10-17(27)20(14)29)19(24-2)21(23)30/h5-7,9-10,15,19,24,26-27,29H,4,8H2,1-3H3,(H2,23,30)(H,25,28)/t15-,19-/m0/s1. The Bertz CT molecular complexity index is 1020. The second-order valence-corrected chi connectivity index (χ2v) is 7.11. The molecule has 0 heterocycles. The Balaban J connectivity index is 2.53. The van der Waals surface area contributed by atoms with Crippen molar-refractivity contribution < 1.29 is 34.4 Å². The molecule has 0 spiro atoms. The number of likely N-dealkylation sites (N-methyl/N-ethyl adjacent to an activating group) is 1. The largest absolute Gasteiger partial charge is 0.507 e. The number of phenols is 3. The van der Waals surface area contributed by atoms with E-state index >= 15 is 0 Å². The van der Waals surface area contributed by atoms with Gasteiger partial charge in [0.15, 0.2) is 11.5 Å². The number of hydrogen-bond donors (Lipinski definition) is 6. The summed E-state index contributed by atoms with van der Waals surface area (Å²) >= 11 is 0. The van der Waals surface area contributed by atoms with Crippen LogP contribution in [0.4, 0.5) is 0 Å². The number of methoxy groups -OCH3 is 1. The number of rotatable bonds is 9. The quantitative estimate of drug-likeness (QED) is 0.243. The molecule has 10 nitrogen and oxygen atoms in total. The first kappa shape index (κ1) is 24.5. The zero-order chi connectivity index (χ0) is 24.0. The number of aromatic hydroxyl groups is 3. The summed E-state index contributed by atoms with van der Waals surface area (Å²) in [5.74, 6) is -2.90. The molecular weight excluding hydrogens is 418 g/mol. The second kappa shape index (κ2) is 10.5. The summed E-state index contributed by atoms with van der Waals surface area (Å²) in [5.41, 5.74) is 6.39. The molecule has 0 aliphatic heterocycles. The van der Waals surface area contributed by atoms with E-state index in [9.17, 15) is 29.7 Å². The van der Waals surface area contributed by atoms with Gasteiger partial charge in [0.2, 0.25) is 11.8 Å². The molecule has 0 unspecified atom stereocenters. The van der Waals surface area contributed by atoms with Crippen molar-refractivity contribution in [2.45, 2.75) is 31.8 Å². The molecule has 0 bridgehead atoms. The lowest BCUT2D eigenvalue weighted by molar-refractivity contribution is -0.145. The van der Waals surface area contributed by atoms with Gasteiger partial charge in [-0.3, -0.25) is 9.59 Å². The Morgan fingerprint density at radius 1 is 1.06 bits per heavy atom. The van der Waals surface area contributed by atoms with Crippen LogP contribution in [0.25, 0.3) is 11.1 Å². The number of esters is 1. The van der Waals surface area contributed by atoms with Crippen molar-refractivity contribution in [3.05, 3.63) is 41.5 Å². The van der Waals surface area contributed by atoms with Crippen LogP contribution in [-0.4, -0.2) is 53.3 Å². The molecule has 0 fully saturated rings. The number of nitrogens with one attached hydrogen (secondary N) is 2. The minimum atomic E-state index is -0.957. The number of nitrogens with two attached hydrogens (primary N) is 1. The van der Waals surface area contributed by atoms with E-state index in [4.69, 9.17) is 10.5 Å². The van der Waals surface area contributed by atoms with Gasteiger partial charge < -0.3 is 36.4 Å². The fourth-order valence-electron chi connectivity index (χ4n) is 3.28. The van der Waals surface area contributed by atoms with E-state index < -0.39 is 35.5 Å². The summed E-state index contributed by atoms with van der Waals surface area (Å²) in [4.78, 5) is 35.6. The van der Waals surface area contributed by atoms with Crippen LogP contribution in [0, 0.1) is 0 Å². The number of carbonyl (C=O) groups is 3. The molecular formula is C22H27N3O7. The van der Waals surface area contributed by atoms with E-state index in [-0.39, 0.29) is 41.2 Å². The van der Waals surface area contributed by atoms with Gasteiger partial charge in [-0.05, 0) is 42.4 Å². The molecule has 0 saturated heterocycles. The third-order valence-corrected chi connectivity index (χ3v) is 4.95. The number of carbonyl (C=O) groups excluding carboxylic acids is 3. The lowest BCUT2D eigenvalue weighted by Gasteiger charge is -2.18. The van der Waals surface area contributed by atoms with Gasteiger partial charge >= 0.3 is 5.97 Å². The molecule has 2 rings (SSSR count). The summed E-state index contributed by atoms with van der Waals surface area (Å²) in [6, 6.07) is 5.11. The molecule has 2 amide bonds. The lowest BCUT2D eigenvalue weighted by atomic mass is 9.94. The number of primary amides is 1. The molecule has 32 heavy (non-hydrogen) atoms. The van der Waals surface area contributed by atoms with Crippen LogP contribution in [0.5, 0.6) is 17.2 Å². The van der Waals surface area contributed by atoms with E-state index in [2.05, 4.69) is 10.6 Å². The van der Waals surface area contributed by atoms with Crippen LogP contribution in [0.2, 0.25) is 0 Å². The normalized spacial score (nSPS) is 12.6. The first-order valence-electron chi connectivity index (χ1n) is 9.84. The first-order valence-corrected chi connectivity index (χ1v) is 9.84. The molecule has 2 aromatic carbocycles. The molecule has 2 atom stereocenters. The van der Waals surface area contributed by atoms with Gasteiger partial charge in [0, 0.05) is 24.0 Å². The van der Waals surface area contributed by atoms with Crippen molar-refractivity contribution in [1.82, 2.24) is 10.6 Å². The van der Waals surface area contributed by atoms with Gasteiger partial charge in [0.05, 0.1) is 7.11 Å². The molecule has 7 N–H and O–H groups in total. The Hall–Kier alpha value is -3.79. The zero-order valence-electron chi connectivity index (χ0n) is 18.0. The summed E-state index contributed by atoms with van der Waals surface area (Å²) in [5, 5.41) is 36.3. The lowest BCUT2D eigenvalue weighted by Crippen LogP contribution is -2.42. The molecule has 2 aromatic rings. The number of amides is 2. The van der Waals surface area contributed by atoms with Crippen LogP contribution in [-0.2, 0) is 25.5 Å². The SMILES string of the molecule is CCC(=O)N[C@@H](Cc1ccc(O)c(-c2cc([C@H](NC)C(N)=O)cc(O)c2O)c1)C(=O)OC. The minimum Gasteiger partial charge on any atom is -0.507 e. The molecule has 10 heteroatoms. The van der Waals surface area contributed by atoms with Crippen molar-refractivity contribution in [3.8, 4) is 28.4 Å². The van der Waals surface area contributed by atoms with Gasteiger partial charge in [-0.1, -0.05) is 13.0 Å². The molecule has 0 saturated carbocycles. The van der Waals surface area contributed by atoms with Crippen molar-refractivity contribution in [1.29, 1.82) is 0 Å². The van der Waals surface area contributed by atoms with Crippen molar-refractivity contribution in [3.63, 3.8) is 0 Å². The maximum atomic E-state index is 12.1. The average Bonchev–Trinajstić information content (AvgIpc) is 2.76. The number of hydrogen-bond acceptors (Lipinski definition) is 8. The molecule has 0 aromatic heterocycles. The first-order chi connectivity index (χ1) is 15.1. The van der Waals surface area contributed by atoms with E-state index in [0.29, 0.717) is 5.56 Å². The van der Waals surface area contributed by atoms with Crippen molar-refractivity contribution in [2.24, 2.45) is 5.73 Å². The molecule has 0 aliphatic rings. The smallest absolute Gasteiger partial charge is 0.328 e. The number of phenolic OH excluding ortho intramolecular Hbond substituents is 3. The van der Waals surface area contributed by atoms with Crippen LogP contribution in [0.3, 0.4) is 0 Å². The minimum absolute atomic E-state index is 0.0491. The average molecular weight is 445 g/mol. The summed E-state index contributed by atoms with van der Waals surface area (Å²) in [6.45, 7) is 1.65. The Kier molecular flexibility index (Phi) is 8.03. The zero-order valence-corrected chi connectivity index (χ0v) is 18.0. The Morgan fingerprint density at radius 3 is 2.31 bits per heavy atom. The second-order valence-electron chi connectivity index (χ2n) is 7.11. The van der Waals surface area contributed by atoms with Gasteiger partial charge in [-0.15, -0.1) is 0 Å². The predicted octanol–water partition coefficient (Wildman–Crippen LogP) is 0.826. The van der Waals surface area contributed by atoms with Crippen molar-refractivity contribution >= 4 is 17.8 Å². The third kappa shape index (κ3) is 5.46. The fraction of sp³-hybridized carbons (Fsp3) is 0.318.